The maximum absolute atomic E-state index is 15.3. The van der Waals surface area contributed by atoms with Crippen molar-refractivity contribution < 1.29 is 27.9 Å². The number of rotatable bonds is 7. The van der Waals surface area contributed by atoms with Crippen LogP contribution in [0.4, 0.5) is 5.69 Å². The quantitative estimate of drug-likeness (QED) is 0.323. The number of anilines is 1. The monoisotopic (exact) mass is 649 g/mol. The number of para-hydroxylation sites is 2. The van der Waals surface area contributed by atoms with Crippen molar-refractivity contribution in [3.63, 3.8) is 0 Å². The molecule has 13 heteroatoms. The summed E-state index contributed by atoms with van der Waals surface area (Å²) in [5.74, 6) is -0.915. The number of halogens is 1. The molecule has 0 aliphatic carbocycles. The lowest BCUT2D eigenvalue weighted by atomic mass is 9.80. The molecule has 4 aromatic rings. The van der Waals surface area contributed by atoms with Gasteiger partial charge < -0.3 is 14.7 Å². The highest BCUT2D eigenvalue weighted by atomic mass is 35.5. The Balaban J connectivity index is 1.64. The minimum absolute atomic E-state index is 0.0345. The number of hydrogen-bond donors (Lipinski definition) is 1. The van der Waals surface area contributed by atoms with E-state index in [2.05, 4.69) is 5.10 Å². The van der Waals surface area contributed by atoms with Crippen molar-refractivity contribution in [2.45, 2.75) is 35.9 Å². The van der Waals surface area contributed by atoms with E-state index in [1.165, 1.54) is 35.0 Å². The molecule has 1 fully saturated rings. The van der Waals surface area contributed by atoms with Crippen LogP contribution >= 0.6 is 11.6 Å². The van der Waals surface area contributed by atoms with Crippen LogP contribution in [0.5, 0.6) is 5.75 Å². The zero-order chi connectivity index (χ0) is 32.3. The topological polar surface area (TPSA) is 125 Å². The van der Waals surface area contributed by atoms with Gasteiger partial charge >= 0.3 is 0 Å². The van der Waals surface area contributed by atoms with Gasteiger partial charge in [0.15, 0.2) is 5.54 Å². The summed E-state index contributed by atoms with van der Waals surface area (Å²) in [4.78, 5) is 31.7. The zero-order valence-corrected chi connectivity index (χ0v) is 26.7. The third kappa shape index (κ3) is 4.62. The van der Waals surface area contributed by atoms with Crippen LogP contribution in [0, 0.1) is 6.92 Å². The summed E-state index contributed by atoms with van der Waals surface area (Å²) in [6.45, 7) is 1.52. The van der Waals surface area contributed by atoms with Gasteiger partial charge in [0, 0.05) is 36.8 Å². The minimum Gasteiger partial charge on any atom is -0.496 e. The highest BCUT2D eigenvalue weighted by Crippen LogP contribution is 2.55. The van der Waals surface area contributed by atoms with Gasteiger partial charge in [-0.05, 0) is 49.7 Å². The molecular formula is C32H32ClN5O6S. The van der Waals surface area contributed by atoms with Gasteiger partial charge in [0.05, 0.1) is 42.5 Å². The first-order valence-corrected chi connectivity index (χ1v) is 16.1. The van der Waals surface area contributed by atoms with E-state index in [-0.39, 0.29) is 40.0 Å². The molecule has 11 nitrogen and oxygen atoms in total. The number of ether oxygens (including phenoxy) is 1. The molecule has 1 saturated heterocycles. The number of amides is 2. The second kappa shape index (κ2) is 11.3. The number of sulfonamides is 1. The highest BCUT2D eigenvalue weighted by Gasteiger charge is 2.64. The van der Waals surface area contributed by atoms with Crippen molar-refractivity contribution in [1.82, 2.24) is 19.6 Å². The Kier molecular flexibility index (Phi) is 7.72. The third-order valence-corrected chi connectivity index (χ3v) is 10.5. The predicted molar refractivity (Wildman–Crippen MR) is 168 cm³/mol. The van der Waals surface area contributed by atoms with Crippen molar-refractivity contribution in [3.8, 4) is 11.4 Å². The second-order valence-corrected chi connectivity index (χ2v) is 13.5. The maximum atomic E-state index is 15.3. The van der Waals surface area contributed by atoms with E-state index in [4.69, 9.17) is 16.3 Å². The van der Waals surface area contributed by atoms with Crippen LogP contribution in [0.1, 0.15) is 23.2 Å². The first-order chi connectivity index (χ1) is 21.4. The molecule has 3 heterocycles. The van der Waals surface area contributed by atoms with Crippen LogP contribution in [0.3, 0.4) is 0 Å². The Bertz CT molecular complexity index is 1910. The number of likely N-dealkylation sites (N-methyl/N-ethyl adjacent to an activating group) is 1. The molecule has 0 saturated carbocycles. The molecule has 2 aliphatic heterocycles. The minimum atomic E-state index is -4.60. The van der Waals surface area contributed by atoms with E-state index in [9.17, 15) is 18.3 Å². The molecule has 1 unspecified atom stereocenters. The maximum Gasteiger partial charge on any atom is 0.274 e. The molecule has 234 valence electrons. The third-order valence-electron chi connectivity index (χ3n) is 8.48. The van der Waals surface area contributed by atoms with Gasteiger partial charge in [0.1, 0.15) is 10.6 Å². The number of carbonyl (C=O) groups excluding carboxylic acids is 2. The number of benzene rings is 3. The van der Waals surface area contributed by atoms with Gasteiger partial charge in [-0.2, -0.15) is 5.10 Å². The molecule has 0 bridgehead atoms. The molecule has 0 spiro atoms. The lowest BCUT2D eigenvalue weighted by molar-refractivity contribution is -0.138. The summed E-state index contributed by atoms with van der Waals surface area (Å²) in [6.07, 6.45) is 0.284. The fourth-order valence-electron chi connectivity index (χ4n) is 6.51. The molecule has 2 amide bonds. The fourth-order valence-corrected chi connectivity index (χ4v) is 8.29. The fraction of sp³-hybridized carbons (Fsp3) is 0.281. The number of aromatic nitrogens is 2. The van der Waals surface area contributed by atoms with Crippen LogP contribution in [0.15, 0.2) is 83.9 Å². The number of nitrogens with zero attached hydrogens (tertiary/aromatic N) is 5. The van der Waals surface area contributed by atoms with Crippen LogP contribution in [-0.4, -0.2) is 84.8 Å². The van der Waals surface area contributed by atoms with Crippen molar-refractivity contribution in [2.24, 2.45) is 0 Å². The highest BCUT2D eigenvalue weighted by molar-refractivity contribution is 7.93. The van der Waals surface area contributed by atoms with Crippen LogP contribution in [-0.2, 0) is 25.2 Å². The number of fused-ring (bicyclic) bond motifs is 1. The lowest BCUT2D eigenvalue weighted by Gasteiger charge is -2.42. The van der Waals surface area contributed by atoms with Crippen LogP contribution in [0.25, 0.3) is 5.69 Å². The van der Waals surface area contributed by atoms with Gasteiger partial charge in [0.2, 0.25) is 5.91 Å². The molecule has 45 heavy (non-hydrogen) atoms. The van der Waals surface area contributed by atoms with E-state index < -0.39 is 33.6 Å². The van der Waals surface area contributed by atoms with Crippen molar-refractivity contribution in [1.29, 1.82) is 0 Å². The van der Waals surface area contributed by atoms with Crippen molar-refractivity contribution in [2.75, 3.05) is 32.1 Å². The Morgan fingerprint density at radius 1 is 1.07 bits per heavy atom. The molecule has 6 rings (SSSR count). The van der Waals surface area contributed by atoms with E-state index in [1.807, 2.05) is 18.2 Å². The standard InChI is InChI=1S/C32H32ClN5O6S/c1-20-29(18-34-37(20)22-10-6-5-7-11-22)45(42,43)38-26-15-14-21(33)16-25(26)32(31(38)41,24-12-8-9-13-28(24)44-4)36-19-23(39)17-27(36)30(40)35(2)3/h5-16,18,23,27,39H,17,19H2,1-4H3/t23-,27+,32?/m1/s1. The Morgan fingerprint density at radius 2 is 1.76 bits per heavy atom. The summed E-state index contributed by atoms with van der Waals surface area (Å²) in [5.41, 5.74) is -0.350. The average Bonchev–Trinajstić information content (AvgIpc) is 3.68. The van der Waals surface area contributed by atoms with E-state index in [0.717, 1.165) is 4.31 Å². The first kappa shape index (κ1) is 30.8. The smallest absolute Gasteiger partial charge is 0.274 e. The molecule has 2 aliphatic rings. The average molecular weight is 650 g/mol. The predicted octanol–water partition coefficient (Wildman–Crippen LogP) is 3.35. The SMILES string of the molecule is COc1ccccc1C1(N2C[C@H](O)C[C@H]2C(=O)N(C)C)C(=O)N(S(=O)(=O)c2cnn(-c3ccccc3)c2C)c2ccc(Cl)cc21. The molecule has 3 aromatic carbocycles. The summed E-state index contributed by atoms with van der Waals surface area (Å²) >= 11 is 6.55. The molecular weight excluding hydrogens is 618 g/mol. The number of aliphatic hydroxyl groups is 1. The number of hydrogen-bond acceptors (Lipinski definition) is 8. The summed E-state index contributed by atoms with van der Waals surface area (Å²) in [7, 11) is 0.0297. The van der Waals surface area contributed by atoms with Gasteiger partial charge in [-0.1, -0.05) is 48.0 Å². The van der Waals surface area contributed by atoms with Gasteiger partial charge in [0.25, 0.3) is 15.9 Å². The molecule has 0 radical (unpaired) electrons. The number of aliphatic hydroxyl groups excluding tert-OH is 1. The molecule has 1 N–H and O–H groups in total. The van der Waals surface area contributed by atoms with E-state index in [0.29, 0.717) is 22.7 Å². The Labute approximate surface area is 266 Å². The molecule has 3 atom stereocenters. The van der Waals surface area contributed by atoms with Crippen LogP contribution in [0.2, 0.25) is 5.02 Å². The van der Waals surface area contributed by atoms with E-state index in [1.54, 1.807) is 68.4 Å². The normalized spacial score (nSPS) is 21.6. The van der Waals surface area contributed by atoms with Crippen LogP contribution < -0.4 is 9.04 Å². The van der Waals surface area contributed by atoms with Crippen molar-refractivity contribution in [3.05, 3.63) is 101 Å². The number of carbonyl (C=O) groups is 2. The first-order valence-electron chi connectivity index (χ1n) is 14.2. The number of likely N-dealkylation sites (tertiary alicyclic amines) is 1. The van der Waals surface area contributed by atoms with Gasteiger partial charge in [-0.15, -0.1) is 0 Å². The largest absolute Gasteiger partial charge is 0.496 e. The Hall–Kier alpha value is -4.23. The zero-order valence-electron chi connectivity index (χ0n) is 25.1. The summed E-state index contributed by atoms with van der Waals surface area (Å²) < 4.78 is 37.4. The summed E-state index contributed by atoms with van der Waals surface area (Å²) in [5, 5.41) is 15.6. The number of β-amino-alcohol motifs (C(OH)–C–C–N with tert-alkyl or cyclic N) is 1. The van der Waals surface area contributed by atoms with E-state index >= 15 is 4.79 Å². The second-order valence-electron chi connectivity index (χ2n) is 11.3. The lowest BCUT2D eigenvalue weighted by Crippen LogP contribution is -2.59. The molecule has 1 aromatic heterocycles. The van der Waals surface area contributed by atoms with Gasteiger partial charge in [-0.3, -0.25) is 14.5 Å². The number of methoxy groups -OCH3 is 1. The Morgan fingerprint density at radius 3 is 2.44 bits per heavy atom. The van der Waals surface area contributed by atoms with Crippen molar-refractivity contribution >= 4 is 39.1 Å². The van der Waals surface area contributed by atoms with Gasteiger partial charge in [-0.25, -0.2) is 17.4 Å². The summed E-state index contributed by atoms with van der Waals surface area (Å²) in [6, 6.07) is 19.4.